The fourth-order valence-electron chi connectivity index (χ4n) is 3.16. The lowest BCUT2D eigenvalue weighted by atomic mass is 9.75. The molecule has 0 radical (unpaired) electrons. The molecule has 7 heteroatoms. The summed E-state index contributed by atoms with van der Waals surface area (Å²) >= 11 is 0. The monoisotopic (exact) mass is 338 g/mol. The Morgan fingerprint density at radius 3 is 2.71 bits per heavy atom. The third-order valence-electron chi connectivity index (χ3n) is 4.18. The highest BCUT2D eigenvalue weighted by Crippen LogP contribution is 2.40. The Labute approximate surface area is 142 Å². The van der Waals surface area contributed by atoms with Crippen LogP contribution in [-0.2, 0) is 25.4 Å². The topological polar surface area (TPSA) is 81.1 Å². The van der Waals surface area contributed by atoms with Crippen molar-refractivity contribution in [1.29, 1.82) is 0 Å². The number of pyridine rings is 1. The van der Waals surface area contributed by atoms with Crippen LogP contribution < -0.4 is 0 Å². The molecule has 1 aromatic heterocycles. The molecule has 2 heterocycles. The van der Waals surface area contributed by atoms with E-state index in [-0.39, 0.29) is 37.6 Å². The summed E-state index contributed by atoms with van der Waals surface area (Å²) in [5.41, 5.74) is -0.440. The van der Waals surface area contributed by atoms with Gasteiger partial charge in [0.15, 0.2) is 5.60 Å². The highest BCUT2D eigenvalue weighted by molar-refractivity contribution is 5.93. The van der Waals surface area contributed by atoms with E-state index in [4.69, 9.17) is 14.2 Å². The van der Waals surface area contributed by atoms with E-state index in [0.717, 1.165) is 6.42 Å². The van der Waals surface area contributed by atoms with E-state index in [9.17, 15) is 9.90 Å². The minimum Gasteiger partial charge on any atom is -0.508 e. The summed E-state index contributed by atoms with van der Waals surface area (Å²) in [5.74, 6) is 0.352. The third-order valence-corrected chi connectivity index (χ3v) is 4.18. The van der Waals surface area contributed by atoms with Crippen LogP contribution in [0.5, 0.6) is 5.75 Å². The smallest absolute Gasteiger partial charge is 0.259 e. The first-order valence-electron chi connectivity index (χ1n) is 8.01. The highest BCUT2D eigenvalue weighted by Gasteiger charge is 2.61. The zero-order valence-corrected chi connectivity index (χ0v) is 14.7. The Balaban J connectivity index is 2.31. The quantitative estimate of drug-likeness (QED) is 0.543. The van der Waals surface area contributed by atoms with Crippen LogP contribution in [0.25, 0.3) is 0 Å². The normalized spacial score (nSPS) is 23.6. The molecule has 134 valence electrons. The zero-order valence-electron chi connectivity index (χ0n) is 14.7. The molecule has 2 rings (SSSR count). The maximum Gasteiger partial charge on any atom is 0.259 e. The minimum absolute atomic E-state index is 0.0139. The molecule has 1 saturated heterocycles. The summed E-state index contributed by atoms with van der Waals surface area (Å²) < 4.78 is 16.1. The number of carbonyl (C=O) groups is 1. The van der Waals surface area contributed by atoms with Crippen LogP contribution in [0, 0.1) is 5.92 Å². The maximum atomic E-state index is 12.8. The fourth-order valence-corrected chi connectivity index (χ4v) is 3.16. The van der Waals surface area contributed by atoms with Crippen molar-refractivity contribution in [1.82, 2.24) is 9.88 Å². The number of methoxy groups -OCH3 is 2. The van der Waals surface area contributed by atoms with E-state index in [0.29, 0.717) is 11.6 Å². The molecule has 1 aliphatic heterocycles. The van der Waals surface area contributed by atoms with Gasteiger partial charge in [-0.2, -0.15) is 0 Å². The van der Waals surface area contributed by atoms with Crippen LogP contribution in [0.4, 0.5) is 0 Å². The van der Waals surface area contributed by atoms with Gasteiger partial charge in [-0.05, 0) is 18.4 Å². The van der Waals surface area contributed by atoms with Crippen molar-refractivity contribution in [2.24, 2.45) is 5.92 Å². The second-order valence-corrected chi connectivity index (χ2v) is 6.46. The number of ether oxygens (including phenoxy) is 3. The van der Waals surface area contributed by atoms with Gasteiger partial charge >= 0.3 is 0 Å². The molecule has 1 aliphatic rings. The van der Waals surface area contributed by atoms with Crippen LogP contribution in [0.2, 0.25) is 0 Å². The second-order valence-electron chi connectivity index (χ2n) is 6.46. The van der Waals surface area contributed by atoms with Crippen molar-refractivity contribution >= 4 is 5.91 Å². The first-order valence-corrected chi connectivity index (χ1v) is 8.01. The summed E-state index contributed by atoms with van der Waals surface area (Å²) in [6.07, 6.45) is 2.57. The van der Waals surface area contributed by atoms with Crippen molar-refractivity contribution < 1.29 is 24.1 Å². The number of carbonyl (C=O) groups excluding carboxylic acids is 1. The van der Waals surface area contributed by atoms with Crippen molar-refractivity contribution in [3.05, 3.63) is 24.0 Å². The van der Waals surface area contributed by atoms with Gasteiger partial charge < -0.3 is 24.2 Å². The maximum absolute atomic E-state index is 12.8. The first-order chi connectivity index (χ1) is 11.4. The number of β-lactam (4-membered cyclic amide) rings is 1. The van der Waals surface area contributed by atoms with Crippen LogP contribution in [0.1, 0.15) is 26.0 Å². The van der Waals surface area contributed by atoms with Crippen LogP contribution >= 0.6 is 0 Å². The van der Waals surface area contributed by atoms with E-state index in [1.165, 1.54) is 19.4 Å². The average Bonchev–Trinajstić information content (AvgIpc) is 2.54. The van der Waals surface area contributed by atoms with E-state index in [2.05, 4.69) is 18.8 Å². The number of rotatable bonds is 9. The van der Waals surface area contributed by atoms with Gasteiger partial charge in [0.05, 0.1) is 6.04 Å². The molecule has 1 aromatic rings. The van der Waals surface area contributed by atoms with E-state index in [1.807, 2.05) is 0 Å². The van der Waals surface area contributed by atoms with Gasteiger partial charge in [-0.25, -0.2) is 0 Å². The SMILES string of the molecule is COCOC1(Cc2cc(O)ccn2)C(=O)N(COC)C1CC(C)C. The standard InChI is InChI=1S/C17H26N2O5/c1-12(2)7-15-17(24-11-23-4,16(21)19(15)10-22-3)9-13-8-14(20)5-6-18-13/h5-6,8,12,15H,7,9-11H2,1-4H3,(H,18,20). The molecular weight excluding hydrogens is 312 g/mol. The van der Waals surface area contributed by atoms with Gasteiger partial charge in [-0.3, -0.25) is 9.78 Å². The average molecular weight is 338 g/mol. The minimum atomic E-state index is -1.04. The fraction of sp³-hybridized carbons (Fsp3) is 0.647. The molecule has 0 bridgehead atoms. The molecule has 2 atom stereocenters. The van der Waals surface area contributed by atoms with Gasteiger partial charge in [0.1, 0.15) is 19.3 Å². The number of nitrogens with zero attached hydrogens (tertiary/aromatic N) is 2. The molecular formula is C17H26N2O5. The van der Waals surface area contributed by atoms with Crippen molar-refractivity contribution in [2.45, 2.75) is 38.3 Å². The van der Waals surface area contributed by atoms with Crippen LogP contribution in [-0.4, -0.2) is 60.3 Å². The Hall–Kier alpha value is -1.70. The third kappa shape index (κ3) is 3.68. The molecule has 24 heavy (non-hydrogen) atoms. The van der Waals surface area contributed by atoms with Gasteiger partial charge in [-0.1, -0.05) is 13.8 Å². The number of aromatic nitrogens is 1. The van der Waals surface area contributed by atoms with E-state index in [1.54, 1.807) is 18.1 Å². The Morgan fingerprint density at radius 1 is 1.38 bits per heavy atom. The molecule has 7 nitrogen and oxygen atoms in total. The highest BCUT2D eigenvalue weighted by atomic mass is 16.7. The number of aromatic hydroxyl groups is 1. The van der Waals surface area contributed by atoms with Gasteiger partial charge in [0, 0.05) is 38.6 Å². The van der Waals surface area contributed by atoms with Gasteiger partial charge in [0.25, 0.3) is 5.91 Å². The predicted octanol–water partition coefficient (Wildman–Crippen LogP) is 1.55. The van der Waals surface area contributed by atoms with Gasteiger partial charge in [0.2, 0.25) is 0 Å². The predicted molar refractivity (Wildman–Crippen MR) is 87.3 cm³/mol. The summed E-state index contributed by atoms with van der Waals surface area (Å²) in [6, 6.07) is 2.91. The lowest BCUT2D eigenvalue weighted by Gasteiger charge is -2.55. The lowest BCUT2D eigenvalue weighted by Crippen LogP contribution is -2.76. The van der Waals surface area contributed by atoms with E-state index >= 15 is 0 Å². The first kappa shape index (κ1) is 18.6. The largest absolute Gasteiger partial charge is 0.508 e. The molecule has 2 unspecified atom stereocenters. The second kappa shape index (κ2) is 7.92. The summed E-state index contributed by atoms with van der Waals surface area (Å²) in [7, 11) is 3.08. The molecule has 0 aliphatic carbocycles. The molecule has 0 spiro atoms. The Morgan fingerprint density at radius 2 is 2.12 bits per heavy atom. The summed E-state index contributed by atoms with van der Waals surface area (Å²) in [4.78, 5) is 18.8. The van der Waals surface area contributed by atoms with Crippen molar-refractivity contribution in [3.63, 3.8) is 0 Å². The molecule has 1 N–H and O–H groups in total. The Bertz CT molecular complexity index is 566. The molecule has 1 fully saturated rings. The lowest BCUT2D eigenvalue weighted by molar-refractivity contribution is -0.235. The Kier molecular flexibility index (Phi) is 6.15. The van der Waals surface area contributed by atoms with Crippen LogP contribution in [0.3, 0.4) is 0 Å². The number of amides is 1. The van der Waals surface area contributed by atoms with Crippen molar-refractivity contribution in [3.8, 4) is 5.75 Å². The number of hydrogen-bond acceptors (Lipinski definition) is 6. The summed E-state index contributed by atoms with van der Waals surface area (Å²) in [6.45, 7) is 4.44. The zero-order chi connectivity index (χ0) is 17.7. The number of likely N-dealkylation sites (tertiary alicyclic amines) is 1. The van der Waals surface area contributed by atoms with Gasteiger partial charge in [-0.15, -0.1) is 0 Å². The van der Waals surface area contributed by atoms with Crippen molar-refractivity contribution in [2.75, 3.05) is 27.7 Å². The van der Waals surface area contributed by atoms with Crippen LogP contribution in [0.15, 0.2) is 18.3 Å². The number of hydrogen-bond donors (Lipinski definition) is 1. The molecule has 0 saturated carbocycles. The van der Waals surface area contributed by atoms with E-state index < -0.39 is 5.60 Å². The molecule has 0 aromatic carbocycles. The molecule has 1 amide bonds. The summed E-state index contributed by atoms with van der Waals surface area (Å²) in [5, 5.41) is 9.67.